The Kier molecular flexibility index (Phi) is 3.38. The highest BCUT2D eigenvalue weighted by Crippen LogP contribution is 2.38. The van der Waals surface area contributed by atoms with Gasteiger partial charge in [-0.25, -0.2) is 0 Å². The number of hydrogen-bond donors (Lipinski definition) is 0. The topological polar surface area (TPSA) is 77.7 Å². The van der Waals surface area contributed by atoms with Crippen LogP contribution in [0.5, 0.6) is 11.5 Å². The average Bonchev–Trinajstić information content (AvgIpc) is 3.41. The minimum Gasteiger partial charge on any atom is -0.454 e. The second kappa shape index (κ2) is 5.87. The first kappa shape index (κ1) is 14.9. The monoisotopic (exact) mass is 349 g/mol. The van der Waals surface area contributed by atoms with E-state index in [2.05, 4.69) is 10.1 Å². The predicted octanol–water partition coefficient (Wildman–Crippen LogP) is 2.99. The summed E-state index contributed by atoms with van der Waals surface area (Å²) in [6.45, 7) is 0.703. The Bertz CT molecular complexity index is 970. The number of anilines is 1. The molecule has 130 valence electrons. The van der Waals surface area contributed by atoms with E-state index in [1.165, 1.54) is 0 Å². The lowest BCUT2D eigenvalue weighted by Crippen LogP contribution is -2.24. The molecule has 7 nitrogen and oxygen atoms in total. The Labute approximate surface area is 149 Å². The number of carbonyl (C=O) groups excluding carboxylic acids is 1. The number of rotatable bonds is 3. The van der Waals surface area contributed by atoms with Crippen molar-refractivity contribution in [1.82, 2.24) is 10.1 Å². The molecule has 5 rings (SSSR count). The van der Waals surface area contributed by atoms with E-state index in [0.29, 0.717) is 36.2 Å². The van der Waals surface area contributed by atoms with Crippen LogP contribution in [0.4, 0.5) is 5.69 Å². The van der Waals surface area contributed by atoms with Crippen molar-refractivity contribution in [2.45, 2.75) is 12.3 Å². The quantitative estimate of drug-likeness (QED) is 0.723. The molecule has 2 aliphatic rings. The molecule has 1 atom stereocenters. The van der Waals surface area contributed by atoms with Crippen LogP contribution in [0.25, 0.3) is 11.4 Å². The minimum absolute atomic E-state index is 0.0216. The van der Waals surface area contributed by atoms with Crippen LogP contribution in [0.15, 0.2) is 53.1 Å². The van der Waals surface area contributed by atoms with Crippen molar-refractivity contribution in [3.05, 3.63) is 54.4 Å². The SMILES string of the molecule is O=C1C[C@@H](c2nc(-c3ccccc3)no2)CN1c1ccc2c(c1)OCO2. The lowest BCUT2D eigenvalue weighted by molar-refractivity contribution is -0.117. The summed E-state index contributed by atoms with van der Waals surface area (Å²) in [6.07, 6.45) is 0.338. The first-order valence-electron chi connectivity index (χ1n) is 8.37. The fourth-order valence-corrected chi connectivity index (χ4v) is 3.28. The number of aromatic nitrogens is 2. The largest absolute Gasteiger partial charge is 0.454 e. The van der Waals surface area contributed by atoms with E-state index in [0.717, 1.165) is 11.3 Å². The molecule has 0 bridgehead atoms. The van der Waals surface area contributed by atoms with Crippen LogP contribution in [-0.2, 0) is 4.79 Å². The number of fused-ring (bicyclic) bond motifs is 1. The van der Waals surface area contributed by atoms with E-state index in [4.69, 9.17) is 14.0 Å². The van der Waals surface area contributed by atoms with Crippen LogP contribution in [0, 0.1) is 0 Å². The summed E-state index contributed by atoms with van der Waals surface area (Å²) in [5.41, 5.74) is 1.67. The third-order valence-electron chi connectivity index (χ3n) is 4.62. The zero-order valence-electron chi connectivity index (χ0n) is 13.8. The predicted molar refractivity (Wildman–Crippen MR) is 92.0 cm³/mol. The smallest absolute Gasteiger partial charge is 0.232 e. The second-order valence-corrected chi connectivity index (χ2v) is 6.27. The maximum Gasteiger partial charge on any atom is 0.232 e. The van der Waals surface area contributed by atoms with E-state index in [9.17, 15) is 4.79 Å². The fraction of sp³-hybridized carbons (Fsp3) is 0.211. The van der Waals surface area contributed by atoms with Crippen molar-refractivity contribution < 1.29 is 18.8 Å². The summed E-state index contributed by atoms with van der Waals surface area (Å²) in [5, 5.41) is 4.05. The third-order valence-corrected chi connectivity index (χ3v) is 4.62. The Hall–Kier alpha value is -3.35. The van der Waals surface area contributed by atoms with Gasteiger partial charge in [-0.1, -0.05) is 35.5 Å². The molecule has 0 N–H and O–H groups in total. The Morgan fingerprint density at radius 3 is 2.77 bits per heavy atom. The summed E-state index contributed by atoms with van der Waals surface area (Å²) in [5.74, 6) is 2.27. The highest BCUT2D eigenvalue weighted by atomic mass is 16.7. The highest BCUT2D eigenvalue weighted by molar-refractivity contribution is 5.96. The molecule has 26 heavy (non-hydrogen) atoms. The molecular weight excluding hydrogens is 334 g/mol. The molecule has 0 unspecified atom stereocenters. The molecule has 0 spiro atoms. The number of carbonyl (C=O) groups is 1. The molecule has 1 amide bonds. The van der Waals surface area contributed by atoms with Crippen molar-refractivity contribution in [2.75, 3.05) is 18.2 Å². The molecule has 0 aliphatic carbocycles. The Morgan fingerprint density at radius 2 is 1.88 bits per heavy atom. The molecule has 0 saturated carbocycles. The Balaban J connectivity index is 1.38. The van der Waals surface area contributed by atoms with Gasteiger partial charge in [0.15, 0.2) is 11.5 Å². The van der Waals surface area contributed by atoms with Gasteiger partial charge in [0.2, 0.25) is 24.4 Å². The summed E-state index contributed by atoms with van der Waals surface area (Å²) in [4.78, 5) is 18.7. The van der Waals surface area contributed by atoms with Crippen molar-refractivity contribution in [3.63, 3.8) is 0 Å². The first-order chi connectivity index (χ1) is 12.8. The van der Waals surface area contributed by atoms with Crippen LogP contribution < -0.4 is 14.4 Å². The normalized spacial score (nSPS) is 18.5. The van der Waals surface area contributed by atoms with Gasteiger partial charge >= 0.3 is 0 Å². The van der Waals surface area contributed by atoms with Gasteiger partial charge in [-0.05, 0) is 12.1 Å². The zero-order valence-corrected chi connectivity index (χ0v) is 13.8. The number of amides is 1. The minimum atomic E-state index is -0.127. The van der Waals surface area contributed by atoms with Gasteiger partial charge in [0, 0.05) is 30.3 Å². The third kappa shape index (κ3) is 2.48. The van der Waals surface area contributed by atoms with Crippen molar-refractivity contribution in [2.24, 2.45) is 0 Å². The van der Waals surface area contributed by atoms with Crippen LogP contribution in [0.1, 0.15) is 18.2 Å². The second-order valence-electron chi connectivity index (χ2n) is 6.27. The maximum absolute atomic E-state index is 12.5. The average molecular weight is 349 g/mol. The molecule has 1 saturated heterocycles. The van der Waals surface area contributed by atoms with Crippen molar-refractivity contribution in [3.8, 4) is 22.9 Å². The molecule has 2 aliphatic heterocycles. The van der Waals surface area contributed by atoms with Crippen LogP contribution >= 0.6 is 0 Å². The van der Waals surface area contributed by atoms with Gasteiger partial charge in [0.05, 0.1) is 5.92 Å². The van der Waals surface area contributed by atoms with Gasteiger partial charge < -0.3 is 18.9 Å². The number of nitrogens with zero attached hydrogens (tertiary/aromatic N) is 3. The lowest BCUT2D eigenvalue weighted by Gasteiger charge is -2.16. The van der Waals surface area contributed by atoms with Gasteiger partial charge in [0.1, 0.15) is 0 Å². The van der Waals surface area contributed by atoms with Gasteiger partial charge in [-0.2, -0.15) is 4.98 Å². The highest BCUT2D eigenvalue weighted by Gasteiger charge is 2.35. The number of benzene rings is 2. The summed E-state index contributed by atoms with van der Waals surface area (Å²) in [6, 6.07) is 15.1. The summed E-state index contributed by atoms with van der Waals surface area (Å²) >= 11 is 0. The molecule has 2 aromatic carbocycles. The summed E-state index contributed by atoms with van der Waals surface area (Å²) in [7, 11) is 0. The van der Waals surface area contributed by atoms with Crippen LogP contribution in [0.3, 0.4) is 0 Å². The lowest BCUT2D eigenvalue weighted by atomic mass is 10.1. The van der Waals surface area contributed by atoms with Gasteiger partial charge in [-0.3, -0.25) is 4.79 Å². The molecule has 3 aromatic rings. The Morgan fingerprint density at radius 1 is 1.04 bits per heavy atom. The molecule has 3 heterocycles. The molecule has 1 aromatic heterocycles. The van der Waals surface area contributed by atoms with Crippen molar-refractivity contribution in [1.29, 1.82) is 0 Å². The van der Waals surface area contributed by atoms with E-state index in [1.807, 2.05) is 48.5 Å². The molecular formula is C19H15N3O4. The van der Waals surface area contributed by atoms with Gasteiger partial charge in [0.25, 0.3) is 0 Å². The number of hydrogen-bond acceptors (Lipinski definition) is 6. The van der Waals surface area contributed by atoms with E-state index in [-0.39, 0.29) is 18.6 Å². The molecule has 7 heteroatoms. The van der Waals surface area contributed by atoms with Crippen LogP contribution in [0.2, 0.25) is 0 Å². The van der Waals surface area contributed by atoms with Crippen LogP contribution in [-0.4, -0.2) is 29.4 Å². The zero-order chi connectivity index (χ0) is 17.5. The summed E-state index contributed by atoms with van der Waals surface area (Å²) < 4.78 is 16.1. The van der Waals surface area contributed by atoms with Crippen molar-refractivity contribution >= 4 is 11.6 Å². The van der Waals surface area contributed by atoms with E-state index in [1.54, 1.807) is 4.90 Å². The number of ether oxygens (including phenoxy) is 2. The fourth-order valence-electron chi connectivity index (χ4n) is 3.28. The molecule has 1 fully saturated rings. The van der Waals surface area contributed by atoms with E-state index < -0.39 is 0 Å². The molecule has 0 radical (unpaired) electrons. The van der Waals surface area contributed by atoms with E-state index >= 15 is 0 Å². The van der Waals surface area contributed by atoms with Gasteiger partial charge in [-0.15, -0.1) is 0 Å². The first-order valence-corrected chi connectivity index (χ1v) is 8.37. The maximum atomic E-state index is 12.5. The standard InChI is InChI=1S/C19H15N3O4/c23-17-8-13(19-20-18(21-26-19)12-4-2-1-3-5-12)10-22(17)14-6-7-15-16(9-14)25-11-24-15/h1-7,9,13H,8,10-11H2/t13-/m1/s1.